The largest absolute Gasteiger partial charge is 0.459 e. The van der Waals surface area contributed by atoms with Crippen molar-refractivity contribution in [2.45, 2.75) is 49.9 Å². The van der Waals surface area contributed by atoms with Gasteiger partial charge < -0.3 is 39.2 Å². The Bertz CT molecular complexity index is 1260. The lowest BCUT2D eigenvalue weighted by Gasteiger charge is -2.43. The molecule has 4 aliphatic heterocycles. The van der Waals surface area contributed by atoms with Gasteiger partial charge in [0.1, 0.15) is 5.54 Å². The summed E-state index contributed by atoms with van der Waals surface area (Å²) in [7, 11) is 0. The van der Waals surface area contributed by atoms with Gasteiger partial charge in [0.2, 0.25) is 19.0 Å². The maximum Gasteiger partial charge on any atom is 0.288 e. The minimum absolute atomic E-state index is 0.01000. The Morgan fingerprint density at radius 3 is 2.67 bits per heavy atom. The Hall–Kier alpha value is -3.76. The summed E-state index contributed by atoms with van der Waals surface area (Å²) in [5, 5.41) is 12.1. The maximum atomic E-state index is 13.8. The Kier molecular flexibility index (Phi) is 7.53. The van der Waals surface area contributed by atoms with Crippen LogP contribution < -0.4 is 19.7 Å². The lowest BCUT2D eigenvalue weighted by atomic mass is 9.85. The van der Waals surface area contributed by atoms with Crippen LogP contribution in [0, 0.1) is 0 Å². The summed E-state index contributed by atoms with van der Waals surface area (Å²) in [6.45, 7) is 2.06. The third kappa shape index (κ3) is 5.09. The first-order chi connectivity index (χ1) is 19.6. The molecule has 0 aromatic heterocycles. The molecule has 6 rings (SSSR count). The SMILES string of the molecule is O=C(C1=C[C@@H](c2ccc3c(c2)OCO3)C[C@@H](OCCCCO)O1)N1CCC2(CC1)C(=O)NCN2c1ccccc1. The van der Waals surface area contributed by atoms with Gasteiger partial charge in [-0.05, 0) is 61.6 Å². The molecule has 2 amide bonds. The molecule has 0 unspecified atom stereocenters. The van der Waals surface area contributed by atoms with E-state index in [-0.39, 0.29) is 36.9 Å². The van der Waals surface area contributed by atoms with Crippen molar-refractivity contribution in [3.63, 3.8) is 0 Å². The van der Waals surface area contributed by atoms with Gasteiger partial charge >= 0.3 is 0 Å². The fraction of sp³-hybridized carbons (Fsp3) is 0.467. The van der Waals surface area contributed by atoms with Gasteiger partial charge in [0.05, 0.1) is 13.3 Å². The van der Waals surface area contributed by atoms with Crippen LogP contribution in [0.4, 0.5) is 5.69 Å². The molecule has 4 heterocycles. The number of para-hydroxylation sites is 1. The van der Waals surface area contributed by atoms with Crippen LogP contribution in [0.1, 0.15) is 43.6 Å². The molecule has 4 aliphatic rings. The van der Waals surface area contributed by atoms with Crippen molar-refractivity contribution in [3.05, 3.63) is 65.9 Å². The number of aliphatic hydroxyl groups is 1. The number of nitrogens with zero attached hydrogens (tertiary/aromatic N) is 2. The number of amides is 2. The minimum atomic E-state index is -0.673. The molecule has 2 N–H and O–H groups in total. The number of ether oxygens (including phenoxy) is 4. The van der Waals surface area contributed by atoms with Crippen molar-refractivity contribution in [2.24, 2.45) is 0 Å². The molecule has 0 aliphatic carbocycles. The van der Waals surface area contributed by atoms with Gasteiger partial charge in [-0.15, -0.1) is 0 Å². The molecule has 2 saturated heterocycles. The van der Waals surface area contributed by atoms with Crippen molar-refractivity contribution in [3.8, 4) is 11.5 Å². The molecule has 0 bridgehead atoms. The standard InChI is InChI=1S/C30H35N3O7/c34-14-4-5-15-37-27-18-22(21-8-9-24-25(16-21)39-20-38-24)17-26(40-27)28(35)32-12-10-30(11-13-32)29(36)31-19-33(30)23-6-2-1-3-7-23/h1-3,6-9,16-17,22,27,34H,4-5,10-15,18-20H2,(H,31,36)/t22-,27+/m1/s1. The second-order valence-electron chi connectivity index (χ2n) is 10.6. The van der Waals surface area contributed by atoms with Gasteiger partial charge in [-0.25, -0.2) is 0 Å². The average Bonchev–Trinajstić information content (AvgIpc) is 3.59. The highest BCUT2D eigenvalue weighted by atomic mass is 16.7. The second-order valence-corrected chi connectivity index (χ2v) is 10.6. The van der Waals surface area contributed by atoms with Crippen molar-refractivity contribution < 1.29 is 33.6 Å². The summed E-state index contributed by atoms with van der Waals surface area (Å²) in [6, 6.07) is 15.7. The van der Waals surface area contributed by atoms with E-state index in [0.717, 1.165) is 11.3 Å². The number of likely N-dealkylation sites (tertiary alicyclic amines) is 1. The summed E-state index contributed by atoms with van der Waals surface area (Å²) in [5.74, 6) is 1.34. The Morgan fingerprint density at radius 2 is 1.88 bits per heavy atom. The molecule has 0 radical (unpaired) electrons. The number of anilines is 1. The maximum absolute atomic E-state index is 13.8. The molecule has 40 heavy (non-hydrogen) atoms. The number of hydrogen-bond acceptors (Lipinski definition) is 8. The lowest BCUT2D eigenvalue weighted by molar-refractivity contribution is -0.154. The summed E-state index contributed by atoms with van der Waals surface area (Å²) in [4.78, 5) is 30.7. The normalized spacial score (nSPS) is 23.1. The van der Waals surface area contributed by atoms with E-state index in [2.05, 4.69) is 10.2 Å². The molecule has 2 aromatic carbocycles. The van der Waals surface area contributed by atoms with Crippen LogP contribution >= 0.6 is 0 Å². The van der Waals surface area contributed by atoms with Crippen LogP contribution in [0.25, 0.3) is 0 Å². The molecular formula is C30H35N3O7. The van der Waals surface area contributed by atoms with E-state index in [0.29, 0.717) is 70.0 Å². The predicted molar refractivity (Wildman–Crippen MR) is 146 cm³/mol. The van der Waals surface area contributed by atoms with Crippen LogP contribution in [0.15, 0.2) is 60.4 Å². The van der Waals surface area contributed by atoms with Crippen LogP contribution in [0.5, 0.6) is 11.5 Å². The number of unbranched alkanes of at least 4 members (excludes halogenated alkanes) is 1. The van der Waals surface area contributed by atoms with Gasteiger partial charge in [-0.2, -0.15) is 0 Å². The first-order valence-corrected chi connectivity index (χ1v) is 14.0. The third-order valence-corrected chi connectivity index (χ3v) is 8.23. The van der Waals surface area contributed by atoms with Crippen molar-refractivity contribution in [2.75, 3.05) is 44.7 Å². The number of rotatable bonds is 8. The summed E-state index contributed by atoms with van der Waals surface area (Å²) < 4.78 is 23.1. The lowest BCUT2D eigenvalue weighted by Crippen LogP contribution is -2.57. The van der Waals surface area contributed by atoms with Crippen LogP contribution in [0.2, 0.25) is 0 Å². The number of fused-ring (bicyclic) bond motifs is 1. The molecule has 0 saturated carbocycles. The first kappa shape index (κ1) is 26.5. The monoisotopic (exact) mass is 549 g/mol. The number of benzene rings is 2. The highest BCUT2D eigenvalue weighted by molar-refractivity contribution is 5.95. The van der Waals surface area contributed by atoms with E-state index in [1.165, 1.54) is 0 Å². The summed E-state index contributed by atoms with van der Waals surface area (Å²) in [5.41, 5.74) is 1.31. The topological polar surface area (TPSA) is 110 Å². The van der Waals surface area contributed by atoms with E-state index in [1.807, 2.05) is 54.6 Å². The Labute approximate surface area is 233 Å². The summed E-state index contributed by atoms with van der Waals surface area (Å²) >= 11 is 0. The Morgan fingerprint density at radius 1 is 1.07 bits per heavy atom. The Balaban J connectivity index is 1.18. The highest BCUT2D eigenvalue weighted by Crippen LogP contribution is 2.40. The smallest absolute Gasteiger partial charge is 0.288 e. The van der Waals surface area contributed by atoms with Gasteiger partial charge in [0.25, 0.3) is 5.91 Å². The number of allylic oxidation sites excluding steroid dienone is 1. The third-order valence-electron chi connectivity index (χ3n) is 8.23. The number of aliphatic hydroxyl groups excluding tert-OH is 1. The number of piperidine rings is 1. The van der Waals surface area contributed by atoms with Crippen molar-refractivity contribution in [1.29, 1.82) is 0 Å². The second kappa shape index (κ2) is 11.4. The number of carbonyl (C=O) groups excluding carboxylic acids is 2. The fourth-order valence-corrected chi connectivity index (χ4v) is 5.98. The predicted octanol–water partition coefficient (Wildman–Crippen LogP) is 2.87. The molecule has 2 atom stereocenters. The number of nitrogens with one attached hydrogen (secondary N) is 1. The quantitative estimate of drug-likeness (QED) is 0.484. The molecule has 10 nitrogen and oxygen atoms in total. The fourth-order valence-electron chi connectivity index (χ4n) is 5.98. The van der Waals surface area contributed by atoms with Crippen molar-refractivity contribution >= 4 is 17.5 Å². The molecule has 2 aromatic rings. The molecular weight excluding hydrogens is 514 g/mol. The summed E-state index contributed by atoms with van der Waals surface area (Å²) in [6.07, 6.45) is 4.22. The van der Waals surface area contributed by atoms with E-state index in [9.17, 15) is 9.59 Å². The van der Waals surface area contributed by atoms with Gasteiger partial charge in [0.15, 0.2) is 17.3 Å². The van der Waals surface area contributed by atoms with Crippen LogP contribution in [-0.4, -0.2) is 73.4 Å². The highest BCUT2D eigenvalue weighted by Gasteiger charge is 2.51. The van der Waals surface area contributed by atoms with Crippen molar-refractivity contribution in [1.82, 2.24) is 10.2 Å². The van der Waals surface area contributed by atoms with Crippen LogP contribution in [0.3, 0.4) is 0 Å². The molecule has 10 heteroatoms. The number of hydrogen-bond donors (Lipinski definition) is 2. The zero-order valence-electron chi connectivity index (χ0n) is 22.4. The molecule has 2 fully saturated rings. The average molecular weight is 550 g/mol. The minimum Gasteiger partial charge on any atom is -0.459 e. The van der Waals surface area contributed by atoms with Gasteiger partial charge in [0, 0.05) is 37.7 Å². The van der Waals surface area contributed by atoms with Gasteiger partial charge in [-0.3, -0.25) is 9.59 Å². The van der Waals surface area contributed by atoms with E-state index >= 15 is 0 Å². The van der Waals surface area contributed by atoms with E-state index in [4.69, 9.17) is 24.1 Å². The zero-order chi connectivity index (χ0) is 27.5. The van der Waals surface area contributed by atoms with E-state index in [1.54, 1.807) is 4.90 Å². The molecule has 1 spiro atoms. The zero-order valence-corrected chi connectivity index (χ0v) is 22.4. The van der Waals surface area contributed by atoms with E-state index < -0.39 is 11.8 Å². The first-order valence-electron chi connectivity index (χ1n) is 14.0. The van der Waals surface area contributed by atoms with Gasteiger partial charge in [-0.1, -0.05) is 24.3 Å². The number of carbonyl (C=O) groups is 2. The molecule has 212 valence electrons. The van der Waals surface area contributed by atoms with Crippen LogP contribution in [-0.2, 0) is 19.1 Å².